The van der Waals surface area contributed by atoms with Gasteiger partial charge in [0.2, 0.25) is 0 Å². The van der Waals surface area contributed by atoms with E-state index < -0.39 is 22.2 Å². The summed E-state index contributed by atoms with van der Waals surface area (Å²) in [5.41, 5.74) is 0.413. The molecule has 0 aliphatic heterocycles. The normalized spacial score (nSPS) is 18.3. The molecule has 122 valence electrons. The van der Waals surface area contributed by atoms with E-state index in [0.29, 0.717) is 5.56 Å². The maximum Gasteiger partial charge on any atom is 0.326 e. The molecule has 0 saturated heterocycles. The number of nitrogens with zero attached hydrogens (tertiary/aromatic N) is 1. The monoisotopic (exact) mass is 326 g/mol. The Morgan fingerprint density at radius 3 is 2.36 bits per heavy atom. The molecule has 1 fully saturated rings. The second kappa shape index (κ2) is 7.21. The standard InChI is InChI=1S/C15H22N2O4S/c1-17(13-10-6-3-7-11-13)22(20,21)16-14(15(18)19)12-8-4-2-5-9-12/h2,4-5,8-9,13-14,16H,3,6-7,10-11H2,1H3,(H,18,19)/t14-/m1/s1. The van der Waals surface area contributed by atoms with Crippen molar-refractivity contribution >= 4 is 16.2 Å². The fraction of sp³-hybridized carbons (Fsp3) is 0.533. The van der Waals surface area contributed by atoms with Gasteiger partial charge >= 0.3 is 5.97 Å². The molecular weight excluding hydrogens is 304 g/mol. The zero-order valence-corrected chi connectivity index (χ0v) is 13.4. The van der Waals surface area contributed by atoms with Crippen LogP contribution in [0.1, 0.15) is 43.7 Å². The number of nitrogens with one attached hydrogen (secondary N) is 1. The highest BCUT2D eigenvalue weighted by Crippen LogP contribution is 2.24. The molecule has 7 heteroatoms. The Balaban J connectivity index is 2.16. The molecule has 0 amide bonds. The summed E-state index contributed by atoms with van der Waals surface area (Å²) in [5, 5.41) is 9.34. The lowest BCUT2D eigenvalue weighted by Crippen LogP contribution is -2.47. The molecule has 6 nitrogen and oxygen atoms in total. The first kappa shape index (κ1) is 16.9. The zero-order valence-electron chi connectivity index (χ0n) is 12.6. The highest BCUT2D eigenvalue weighted by atomic mass is 32.2. The Kier molecular flexibility index (Phi) is 5.55. The van der Waals surface area contributed by atoms with Crippen molar-refractivity contribution in [3.8, 4) is 0 Å². The van der Waals surface area contributed by atoms with Gasteiger partial charge in [-0.1, -0.05) is 49.6 Å². The van der Waals surface area contributed by atoms with E-state index in [2.05, 4.69) is 4.72 Å². The van der Waals surface area contributed by atoms with Crippen LogP contribution in [0.2, 0.25) is 0 Å². The second-order valence-electron chi connectivity index (χ2n) is 5.61. The van der Waals surface area contributed by atoms with Crippen molar-refractivity contribution in [3.63, 3.8) is 0 Å². The fourth-order valence-electron chi connectivity index (χ4n) is 2.78. The first-order chi connectivity index (χ1) is 10.4. The van der Waals surface area contributed by atoms with Crippen LogP contribution in [0.15, 0.2) is 30.3 Å². The highest BCUT2D eigenvalue weighted by molar-refractivity contribution is 7.87. The number of benzene rings is 1. The van der Waals surface area contributed by atoms with Crippen LogP contribution in [0, 0.1) is 0 Å². The second-order valence-corrected chi connectivity index (χ2v) is 7.37. The molecule has 0 unspecified atom stereocenters. The van der Waals surface area contributed by atoms with Crippen molar-refractivity contribution in [3.05, 3.63) is 35.9 Å². The summed E-state index contributed by atoms with van der Waals surface area (Å²) >= 11 is 0. The van der Waals surface area contributed by atoms with Crippen molar-refractivity contribution in [2.45, 2.75) is 44.2 Å². The van der Waals surface area contributed by atoms with Gasteiger partial charge in [-0.05, 0) is 18.4 Å². The molecular formula is C15H22N2O4S. The van der Waals surface area contributed by atoms with Gasteiger partial charge < -0.3 is 5.11 Å². The molecule has 1 aliphatic carbocycles. The van der Waals surface area contributed by atoms with Crippen molar-refractivity contribution in [2.24, 2.45) is 0 Å². The smallest absolute Gasteiger partial charge is 0.326 e. The molecule has 0 radical (unpaired) electrons. The molecule has 2 N–H and O–H groups in total. The summed E-state index contributed by atoms with van der Waals surface area (Å²) in [6.07, 6.45) is 4.78. The summed E-state index contributed by atoms with van der Waals surface area (Å²) in [5.74, 6) is -1.22. The summed E-state index contributed by atoms with van der Waals surface area (Å²) in [7, 11) is -2.33. The minimum absolute atomic E-state index is 0.0588. The van der Waals surface area contributed by atoms with Gasteiger partial charge in [0.25, 0.3) is 10.2 Å². The summed E-state index contributed by atoms with van der Waals surface area (Å²) < 4.78 is 28.5. The summed E-state index contributed by atoms with van der Waals surface area (Å²) in [4.78, 5) is 11.4. The molecule has 1 aliphatic rings. The number of aliphatic carboxylic acids is 1. The number of carboxylic acids is 1. The van der Waals surface area contributed by atoms with Gasteiger partial charge in [-0.2, -0.15) is 17.4 Å². The van der Waals surface area contributed by atoms with Gasteiger partial charge in [-0.3, -0.25) is 4.79 Å². The molecule has 0 aromatic heterocycles. The van der Waals surface area contributed by atoms with Crippen LogP contribution in [0.4, 0.5) is 0 Å². The molecule has 2 rings (SSSR count). The number of hydrogen-bond donors (Lipinski definition) is 2. The Morgan fingerprint density at radius 2 is 1.82 bits per heavy atom. The van der Waals surface area contributed by atoms with Gasteiger partial charge in [0, 0.05) is 13.1 Å². The molecule has 22 heavy (non-hydrogen) atoms. The van der Waals surface area contributed by atoms with Crippen LogP contribution < -0.4 is 4.72 Å². The molecule has 1 atom stereocenters. The van der Waals surface area contributed by atoms with Crippen molar-refractivity contribution in [1.82, 2.24) is 9.03 Å². The summed E-state index contributed by atoms with van der Waals surface area (Å²) in [6, 6.07) is 6.98. The fourth-order valence-corrected chi connectivity index (χ4v) is 4.08. The molecule has 0 heterocycles. The van der Waals surface area contributed by atoms with E-state index in [1.54, 1.807) is 30.3 Å². The van der Waals surface area contributed by atoms with Crippen LogP contribution in [0.5, 0.6) is 0 Å². The Hall–Kier alpha value is -1.44. The molecule has 0 spiro atoms. The van der Waals surface area contributed by atoms with Gasteiger partial charge in [0.05, 0.1) is 0 Å². The Morgan fingerprint density at radius 1 is 1.23 bits per heavy atom. The van der Waals surface area contributed by atoms with Crippen LogP contribution in [-0.4, -0.2) is 36.9 Å². The molecule has 1 saturated carbocycles. The van der Waals surface area contributed by atoms with Crippen molar-refractivity contribution < 1.29 is 18.3 Å². The van der Waals surface area contributed by atoms with E-state index in [0.717, 1.165) is 32.1 Å². The van der Waals surface area contributed by atoms with Crippen LogP contribution >= 0.6 is 0 Å². The van der Waals surface area contributed by atoms with E-state index in [1.807, 2.05) is 0 Å². The van der Waals surface area contributed by atoms with E-state index in [1.165, 1.54) is 11.4 Å². The largest absolute Gasteiger partial charge is 0.480 e. The average molecular weight is 326 g/mol. The first-order valence-corrected chi connectivity index (χ1v) is 8.89. The lowest BCUT2D eigenvalue weighted by Gasteiger charge is -2.31. The van der Waals surface area contributed by atoms with Crippen LogP contribution in [0.25, 0.3) is 0 Å². The van der Waals surface area contributed by atoms with Gasteiger partial charge in [0.1, 0.15) is 6.04 Å². The number of rotatable bonds is 6. The number of carbonyl (C=O) groups is 1. The maximum atomic E-state index is 12.5. The SMILES string of the molecule is CN(C1CCCCC1)S(=O)(=O)N[C@@H](C(=O)O)c1ccccc1. The number of hydrogen-bond acceptors (Lipinski definition) is 3. The van der Waals surface area contributed by atoms with E-state index >= 15 is 0 Å². The first-order valence-electron chi connectivity index (χ1n) is 7.45. The number of carboxylic acid groups (broad SMARTS) is 1. The van der Waals surface area contributed by atoms with Gasteiger partial charge in [0.15, 0.2) is 0 Å². The van der Waals surface area contributed by atoms with Crippen molar-refractivity contribution in [1.29, 1.82) is 0 Å². The average Bonchev–Trinajstić information content (AvgIpc) is 2.53. The Labute approximate surface area is 131 Å². The minimum atomic E-state index is -3.85. The van der Waals surface area contributed by atoms with E-state index in [9.17, 15) is 18.3 Å². The third-order valence-corrected chi connectivity index (χ3v) is 5.70. The van der Waals surface area contributed by atoms with E-state index in [4.69, 9.17) is 0 Å². The lowest BCUT2D eigenvalue weighted by molar-refractivity contribution is -0.139. The topological polar surface area (TPSA) is 86.7 Å². The molecule has 1 aromatic carbocycles. The van der Waals surface area contributed by atoms with Gasteiger partial charge in [-0.15, -0.1) is 0 Å². The lowest BCUT2D eigenvalue weighted by atomic mass is 9.96. The Bertz CT molecular complexity index is 597. The zero-order chi connectivity index (χ0) is 16.2. The third-order valence-electron chi connectivity index (χ3n) is 4.11. The minimum Gasteiger partial charge on any atom is -0.480 e. The van der Waals surface area contributed by atoms with Gasteiger partial charge in [-0.25, -0.2) is 0 Å². The van der Waals surface area contributed by atoms with Crippen LogP contribution in [0.3, 0.4) is 0 Å². The molecule has 0 bridgehead atoms. The maximum absolute atomic E-state index is 12.5. The molecule has 1 aromatic rings. The van der Waals surface area contributed by atoms with Crippen LogP contribution in [-0.2, 0) is 15.0 Å². The third kappa shape index (κ3) is 4.06. The predicted octanol–water partition coefficient (Wildman–Crippen LogP) is 1.91. The van der Waals surface area contributed by atoms with E-state index in [-0.39, 0.29) is 6.04 Å². The predicted molar refractivity (Wildman–Crippen MR) is 83.5 cm³/mol. The highest BCUT2D eigenvalue weighted by Gasteiger charge is 2.32. The van der Waals surface area contributed by atoms with Crippen molar-refractivity contribution in [2.75, 3.05) is 7.05 Å². The summed E-state index contributed by atoms with van der Waals surface area (Å²) in [6.45, 7) is 0. The quantitative estimate of drug-likeness (QED) is 0.836.